The number of carbonyl (C=O) groups excluding carboxylic acids is 1. The first-order chi connectivity index (χ1) is 11.5. The third-order valence-electron chi connectivity index (χ3n) is 4.16. The number of anilines is 1. The molecule has 2 aromatic heterocycles. The second-order valence-electron chi connectivity index (χ2n) is 6.31. The van der Waals surface area contributed by atoms with E-state index in [0.717, 1.165) is 31.6 Å². The van der Waals surface area contributed by atoms with E-state index in [1.54, 1.807) is 0 Å². The van der Waals surface area contributed by atoms with E-state index < -0.39 is 5.95 Å². The number of nitrogens with one attached hydrogen (secondary N) is 1. The van der Waals surface area contributed by atoms with Crippen molar-refractivity contribution in [3.8, 4) is 0 Å². The quantitative estimate of drug-likeness (QED) is 0.902. The second-order valence-corrected chi connectivity index (χ2v) is 7.40. The summed E-state index contributed by atoms with van der Waals surface area (Å²) in [7, 11) is 0. The minimum atomic E-state index is -0.475. The van der Waals surface area contributed by atoms with Gasteiger partial charge < -0.3 is 5.32 Å². The number of rotatable bonds is 5. The normalized spacial score (nSPS) is 18.0. The molecule has 0 radical (unpaired) electrons. The van der Waals surface area contributed by atoms with Crippen molar-refractivity contribution >= 4 is 22.4 Å². The summed E-state index contributed by atoms with van der Waals surface area (Å²) in [4.78, 5) is 21.9. The highest BCUT2D eigenvalue weighted by Gasteiger charge is 2.24. The summed E-state index contributed by atoms with van der Waals surface area (Å²) in [5.74, 6) is -0.126. The van der Waals surface area contributed by atoms with Gasteiger partial charge in [-0.1, -0.05) is 11.3 Å². The van der Waals surface area contributed by atoms with Gasteiger partial charge in [0, 0.05) is 31.9 Å². The molecule has 1 aliphatic heterocycles. The number of carbonyl (C=O) groups is 1. The molecule has 1 fully saturated rings. The summed E-state index contributed by atoms with van der Waals surface area (Å²) >= 11 is 1.21. The van der Waals surface area contributed by atoms with Crippen LogP contribution in [-0.2, 0) is 17.8 Å². The maximum absolute atomic E-state index is 13.9. The van der Waals surface area contributed by atoms with Crippen molar-refractivity contribution in [3.05, 3.63) is 40.4 Å². The lowest BCUT2D eigenvalue weighted by Crippen LogP contribution is -2.20. The van der Waals surface area contributed by atoms with Crippen molar-refractivity contribution in [2.45, 2.75) is 33.2 Å². The molecule has 0 bridgehead atoms. The minimum absolute atomic E-state index is 0.232. The van der Waals surface area contributed by atoms with E-state index in [9.17, 15) is 9.18 Å². The van der Waals surface area contributed by atoms with Gasteiger partial charge in [0.25, 0.3) is 0 Å². The van der Waals surface area contributed by atoms with Gasteiger partial charge in [-0.3, -0.25) is 14.7 Å². The van der Waals surface area contributed by atoms with Crippen LogP contribution < -0.4 is 5.32 Å². The van der Waals surface area contributed by atoms with Crippen LogP contribution in [-0.4, -0.2) is 33.9 Å². The van der Waals surface area contributed by atoms with Gasteiger partial charge in [0.1, 0.15) is 0 Å². The van der Waals surface area contributed by atoms with Crippen LogP contribution >= 0.6 is 11.3 Å². The van der Waals surface area contributed by atoms with Gasteiger partial charge >= 0.3 is 0 Å². The predicted octanol–water partition coefficient (Wildman–Crippen LogP) is 3.01. The SMILES string of the molecule is CC(=O)Nc1nc(F)c(CN2CC[C@H](Cc3ccnc(C)c3)C2)s1. The Morgan fingerprint density at radius 1 is 1.54 bits per heavy atom. The van der Waals surface area contributed by atoms with Crippen molar-refractivity contribution in [1.29, 1.82) is 0 Å². The summed E-state index contributed by atoms with van der Waals surface area (Å²) in [6.07, 6.45) is 4.00. The topological polar surface area (TPSA) is 58.1 Å². The number of aromatic nitrogens is 2. The highest BCUT2D eigenvalue weighted by Crippen LogP contribution is 2.27. The molecule has 2 aromatic rings. The van der Waals surface area contributed by atoms with Crippen molar-refractivity contribution in [2.24, 2.45) is 5.92 Å². The van der Waals surface area contributed by atoms with E-state index in [4.69, 9.17) is 0 Å². The standard InChI is InChI=1S/C17H21FN4OS/c1-11-7-13(3-5-19-11)8-14-4-6-22(9-14)10-15-16(18)21-17(24-15)20-12(2)23/h3,5,7,14H,4,6,8-10H2,1-2H3,(H,20,21,23)/t14-/m1/s1. The Morgan fingerprint density at radius 3 is 3.12 bits per heavy atom. The van der Waals surface area contributed by atoms with E-state index in [1.165, 1.54) is 23.8 Å². The van der Waals surface area contributed by atoms with Crippen LogP contribution in [0.15, 0.2) is 18.3 Å². The molecule has 3 rings (SSSR count). The van der Waals surface area contributed by atoms with Crippen LogP contribution in [0, 0.1) is 18.8 Å². The Labute approximate surface area is 144 Å². The molecule has 0 unspecified atom stereocenters. The third kappa shape index (κ3) is 4.36. The Morgan fingerprint density at radius 2 is 2.38 bits per heavy atom. The monoisotopic (exact) mass is 348 g/mol. The Hall–Kier alpha value is -1.86. The summed E-state index contributed by atoms with van der Waals surface area (Å²) in [6, 6.07) is 4.20. The van der Waals surface area contributed by atoms with E-state index in [2.05, 4.69) is 32.3 Å². The van der Waals surface area contributed by atoms with Gasteiger partial charge in [-0.25, -0.2) is 0 Å². The lowest BCUT2D eigenvalue weighted by molar-refractivity contribution is -0.114. The zero-order valence-electron chi connectivity index (χ0n) is 13.9. The fourth-order valence-electron chi connectivity index (χ4n) is 3.13. The van der Waals surface area contributed by atoms with Crippen LogP contribution in [0.5, 0.6) is 0 Å². The number of nitrogens with zero attached hydrogens (tertiary/aromatic N) is 3. The maximum Gasteiger partial charge on any atom is 0.230 e. The number of pyridine rings is 1. The lowest BCUT2D eigenvalue weighted by atomic mass is 9.99. The third-order valence-corrected chi connectivity index (χ3v) is 5.09. The molecule has 7 heteroatoms. The van der Waals surface area contributed by atoms with E-state index in [-0.39, 0.29) is 5.91 Å². The van der Waals surface area contributed by atoms with Gasteiger partial charge in [-0.15, -0.1) is 0 Å². The van der Waals surface area contributed by atoms with Crippen LogP contribution in [0.2, 0.25) is 0 Å². The zero-order chi connectivity index (χ0) is 17.1. The van der Waals surface area contributed by atoms with Crippen LogP contribution in [0.3, 0.4) is 0 Å². The molecule has 1 saturated heterocycles. The summed E-state index contributed by atoms with van der Waals surface area (Å²) < 4.78 is 13.9. The Kier molecular flexibility index (Phi) is 5.20. The molecule has 24 heavy (non-hydrogen) atoms. The highest BCUT2D eigenvalue weighted by molar-refractivity contribution is 7.15. The molecule has 0 saturated carbocycles. The highest BCUT2D eigenvalue weighted by atomic mass is 32.1. The molecule has 128 valence electrons. The number of hydrogen-bond donors (Lipinski definition) is 1. The zero-order valence-corrected chi connectivity index (χ0v) is 14.7. The molecule has 1 atom stereocenters. The largest absolute Gasteiger partial charge is 0.302 e. The van der Waals surface area contributed by atoms with Gasteiger partial charge in [0.2, 0.25) is 11.9 Å². The van der Waals surface area contributed by atoms with Crippen molar-refractivity contribution < 1.29 is 9.18 Å². The maximum atomic E-state index is 13.9. The average Bonchev–Trinajstić information content (AvgIpc) is 3.06. The molecule has 1 amide bonds. The van der Waals surface area contributed by atoms with Crippen LogP contribution in [0.1, 0.15) is 29.5 Å². The number of hydrogen-bond acceptors (Lipinski definition) is 5. The molecule has 1 N–H and O–H groups in total. The summed E-state index contributed by atoms with van der Waals surface area (Å²) in [6.45, 7) is 5.86. The second kappa shape index (κ2) is 7.36. The van der Waals surface area contributed by atoms with Gasteiger partial charge in [-0.2, -0.15) is 9.37 Å². The number of amides is 1. The van der Waals surface area contributed by atoms with Crippen molar-refractivity contribution in [2.75, 3.05) is 18.4 Å². The number of likely N-dealkylation sites (tertiary alicyclic amines) is 1. The van der Waals surface area contributed by atoms with Gasteiger partial charge in [0.05, 0.1) is 4.88 Å². The molecule has 0 aromatic carbocycles. The minimum Gasteiger partial charge on any atom is -0.302 e. The average molecular weight is 348 g/mol. The van der Waals surface area contributed by atoms with E-state index in [0.29, 0.717) is 22.5 Å². The molecule has 1 aliphatic rings. The Bertz CT molecular complexity index is 733. The smallest absolute Gasteiger partial charge is 0.230 e. The number of thiazole rings is 1. The fourth-order valence-corrected chi connectivity index (χ4v) is 4.06. The number of aryl methyl sites for hydroxylation is 1. The first-order valence-corrected chi connectivity index (χ1v) is 8.88. The molecule has 0 spiro atoms. The van der Waals surface area contributed by atoms with E-state index in [1.807, 2.05) is 13.1 Å². The van der Waals surface area contributed by atoms with Crippen LogP contribution in [0.4, 0.5) is 9.52 Å². The number of halogens is 1. The fraction of sp³-hybridized carbons (Fsp3) is 0.471. The van der Waals surface area contributed by atoms with E-state index >= 15 is 0 Å². The predicted molar refractivity (Wildman–Crippen MR) is 92.4 cm³/mol. The molecule has 0 aliphatic carbocycles. The molecule has 5 nitrogen and oxygen atoms in total. The first kappa shape index (κ1) is 17.0. The molecular formula is C17H21FN4OS. The van der Waals surface area contributed by atoms with Crippen LogP contribution in [0.25, 0.3) is 0 Å². The Balaban J connectivity index is 1.56. The van der Waals surface area contributed by atoms with Gasteiger partial charge in [0.15, 0.2) is 5.13 Å². The molecular weight excluding hydrogens is 327 g/mol. The van der Waals surface area contributed by atoms with Crippen molar-refractivity contribution in [3.63, 3.8) is 0 Å². The molecule has 3 heterocycles. The summed E-state index contributed by atoms with van der Waals surface area (Å²) in [5, 5.41) is 2.87. The lowest BCUT2D eigenvalue weighted by Gasteiger charge is -2.15. The van der Waals surface area contributed by atoms with Gasteiger partial charge in [-0.05, 0) is 49.9 Å². The summed E-state index contributed by atoms with van der Waals surface area (Å²) in [5.41, 5.74) is 2.35. The van der Waals surface area contributed by atoms with Crippen molar-refractivity contribution in [1.82, 2.24) is 14.9 Å². The first-order valence-electron chi connectivity index (χ1n) is 8.06.